The highest BCUT2D eigenvalue weighted by molar-refractivity contribution is 7.99. The van der Waals surface area contributed by atoms with Gasteiger partial charge in [-0.2, -0.15) is 13.5 Å². The molecule has 8 nitrogen and oxygen atoms in total. The highest BCUT2D eigenvalue weighted by Gasteiger charge is 2.25. The number of thioether (sulfide) groups is 1. The van der Waals surface area contributed by atoms with E-state index in [1.807, 2.05) is 24.3 Å². The van der Waals surface area contributed by atoms with Crippen molar-refractivity contribution in [2.24, 2.45) is 0 Å². The summed E-state index contributed by atoms with van der Waals surface area (Å²) in [5.41, 5.74) is 1.14. The van der Waals surface area contributed by atoms with Crippen molar-refractivity contribution in [2.45, 2.75) is 17.2 Å². The summed E-state index contributed by atoms with van der Waals surface area (Å²) < 4.78 is 32.5. The number of tetrazole rings is 1. The van der Waals surface area contributed by atoms with Crippen LogP contribution >= 0.6 is 11.8 Å². The minimum Gasteiger partial charge on any atom is -0.497 e. The quantitative estimate of drug-likeness (QED) is 0.502. The molecule has 0 radical (unpaired) electrons. The monoisotopic (exact) mass is 460 g/mol. The van der Waals surface area contributed by atoms with Crippen molar-refractivity contribution in [1.82, 2.24) is 30.0 Å². The van der Waals surface area contributed by atoms with Crippen LogP contribution in [0.5, 0.6) is 5.75 Å². The first kappa shape index (κ1) is 22.2. The van der Waals surface area contributed by atoms with E-state index in [1.165, 1.54) is 0 Å². The third-order valence-corrected chi connectivity index (χ3v) is 6.00. The fraction of sp³-hybridized carbons (Fsp3) is 0.333. The molecule has 1 aromatic heterocycles. The first-order valence-corrected chi connectivity index (χ1v) is 10.9. The van der Waals surface area contributed by atoms with Gasteiger partial charge in [0.1, 0.15) is 5.75 Å². The fourth-order valence-corrected chi connectivity index (χ4v) is 4.18. The van der Waals surface area contributed by atoms with E-state index in [-0.39, 0.29) is 5.91 Å². The zero-order valence-electron chi connectivity index (χ0n) is 17.4. The molecule has 1 aliphatic rings. The average Bonchev–Trinajstić information content (AvgIpc) is 3.27. The Balaban J connectivity index is 1.38. The molecular weight excluding hydrogens is 438 g/mol. The number of methoxy groups -OCH3 is 1. The minimum absolute atomic E-state index is 0.225. The van der Waals surface area contributed by atoms with Crippen LogP contribution in [0.3, 0.4) is 0 Å². The second-order valence-electron chi connectivity index (χ2n) is 7.15. The van der Waals surface area contributed by atoms with Crippen LogP contribution in [-0.4, -0.2) is 75.0 Å². The molecule has 11 heteroatoms. The predicted octanol–water partition coefficient (Wildman–Crippen LogP) is 2.94. The summed E-state index contributed by atoms with van der Waals surface area (Å²) in [7, 11) is 1.61. The van der Waals surface area contributed by atoms with Crippen molar-refractivity contribution in [1.29, 1.82) is 0 Å². The Bertz CT molecular complexity index is 1050. The molecule has 0 N–H and O–H groups in total. The number of hydrogen-bond acceptors (Lipinski definition) is 7. The van der Waals surface area contributed by atoms with Crippen molar-refractivity contribution in [3.63, 3.8) is 0 Å². The number of carbonyl (C=O) groups excluding carboxylic acids is 1. The van der Waals surface area contributed by atoms with Crippen molar-refractivity contribution in [3.8, 4) is 11.4 Å². The summed E-state index contributed by atoms with van der Waals surface area (Å²) in [5, 5.41) is 12.0. The molecule has 2 aromatic carbocycles. The highest BCUT2D eigenvalue weighted by Crippen LogP contribution is 2.29. The number of benzene rings is 2. The summed E-state index contributed by atoms with van der Waals surface area (Å²) in [6.45, 7) is 2.78. The van der Waals surface area contributed by atoms with Gasteiger partial charge in [0, 0.05) is 31.1 Å². The Morgan fingerprint density at radius 1 is 1.09 bits per heavy atom. The van der Waals surface area contributed by atoms with Crippen LogP contribution in [0.15, 0.2) is 53.4 Å². The molecule has 1 aliphatic heterocycles. The van der Waals surface area contributed by atoms with E-state index in [0.29, 0.717) is 60.8 Å². The summed E-state index contributed by atoms with van der Waals surface area (Å²) in [5.74, 6) is -1.36. The third-order valence-electron chi connectivity index (χ3n) is 5.21. The van der Waals surface area contributed by atoms with Gasteiger partial charge in [-0.3, -0.25) is 9.69 Å². The first-order chi connectivity index (χ1) is 15.5. The van der Waals surface area contributed by atoms with E-state index >= 15 is 0 Å². The number of aromatic nitrogens is 4. The highest BCUT2D eigenvalue weighted by atomic mass is 32.2. The maximum atomic E-state index is 12.9. The molecule has 0 atom stereocenters. The Kier molecular flexibility index (Phi) is 6.96. The number of rotatable bonds is 7. The SMILES string of the molecule is COc1ccc(-n2nnnc2CN2CCN(C(=O)c3ccccc3SC(F)F)CC2)cc1. The second kappa shape index (κ2) is 10.0. The van der Waals surface area contributed by atoms with Gasteiger partial charge in [-0.15, -0.1) is 5.10 Å². The van der Waals surface area contributed by atoms with Crippen LogP contribution in [0.2, 0.25) is 0 Å². The standard InChI is InChI=1S/C21H22F2N6O2S/c1-31-16-8-6-15(7-9-16)29-19(24-25-26-29)14-27-10-12-28(13-11-27)20(30)17-4-2-3-5-18(17)32-21(22)23/h2-9,21H,10-14H2,1H3. The normalized spacial score (nSPS) is 14.7. The number of halogens is 2. The van der Waals surface area contributed by atoms with Gasteiger partial charge < -0.3 is 9.64 Å². The Morgan fingerprint density at radius 2 is 1.81 bits per heavy atom. The number of amides is 1. The Hall–Kier alpha value is -3.05. The van der Waals surface area contributed by atoms with Crippen LogP contribution in [0.1, 0.15) is 16.2 Å². The third kappa shape index (κ3) is 5.05. The number of alkyl halides is 2. The van der Waals surface area contributed by atoms with Crippen LogP contribution in [0, 0.1) is 0 Å². The summed E-state index contributed by atoms with van der Waals surface area (Å²) in [6, 6.07) is 13.9. The smallest absolute Gasteiger partial charge is 0.288 e. The molecule has 4 rings (SSSR count). The molecule has 2 heterocycles. The Morgan fingerprint density at radius 3 is 2.50 bits per heavy atom. The Labute approximate surface area is 188 Å². The van der Waals surface area contributed by atoms with E-state index in [2.05, 4.69) is 20.4 Å². The number of hydrogen-bond donors (Lipinski definition) is 0. The minimum atomic E-state index is -2.57. The average molecular weight is 461 g/mol. The van der Waals surface area contributed by atoms with E-state index in [1.54, 1.807) is 41.0 Å². The molecule has 0 aliphatic carbocycles. The molecule has 0 spiro atoms. The van der Waals surface area contributed by atoms with Crippen LogP contribution in [0.25, 0.3) is 5.69 Å². The molecule has 3 aromatic rings. The van der Waals surface area contributed by atoms with E-state index in [0.717, 1.165) is 11.4 Å². The zero-order valence-corrected chi connectivity index (χ0v) is 18.2. The lowest BCUT2D eigenvalue weighted by Gasteiger charge is -2.34. The molecule has 0 saturated carbocycles. The van der Waals surface area contributed by atoms with Gasteiger partial charge in [-0.25, -0.2) is 0 Å². The van der Waals surface area contributed by atoms with Crippen molar-refractivity contribution >= 4 is 17.7 Å². The maximum absolute atomic E-state index is 12.9. The number of ether oxygens (including phenoxy) is 1. The van der Waals surface area contributed by atoms with E-state index < -0.39 is 5.76 Å². The number of piperazine rings is 1. The van der Waals surface area contributed by atoms with Crippen molar-refractivity contribution in [3.05, 3.63) is 59.9 Å². The van der Waals surface area contributed by atoms with E-state index in [4.69, 9.17) is 4.74 Å². The van der Waals surface area contributed by atoms with Gasteiger partial charge in [0.05, 0.1) is 24.9 Å². The first-order valence-electron chi connectivity index (χ1n) is 10.0. The summed E-state index contributed by atoms with van der Waals surface area (Å²) >= 11 is 0.398. The largest absolute Gasteiger partial charge is 0.497 e. The summed E-state index contributed by atoms with van der Waals surface area (Å²) in [6.07, 6.45) is 0. The zero-order chi connectivity index (χ0) is 22.5. The molecule has 0 bridgehead atoms. The second-order valence-corrected chi connectivity index (χ2v) is 8.18. The van der Waals surface area contributed by atoms with Crippen molar-refractivity contribution < 1.29 is 18.3 Å². The molecule has 168 valence electrons. The predicted molar refractivity (Wildman–Crippen MR) is 115 cm³/mol. The molecule has 32 heavy (non-hydrogen) atoms. The van der Waals surface area contributed by atoms with Gasteiger partial charge in [-0.1, -0.05) is 23.9 Å². The van der Waals surface area contributed by atoms with Crippen molar-refractivity contribution in [2.75, 3.05) is 33.3 Å². The van der Waals surface area contributed by atoms with Gasteiger partial charge >= 0.3 is 0 Å². The van der Waals surface area contributed by atoms with Crippen LogP contribution in [0.4, 0.5) is 8.78 Å². The lowest BCUT2D eigenvalue weighted by molar-refractivity contribution is 0.0621. The van der Waals surface area contributed by atoms with Crippen LogP contribution < -0.4 is 4.74 Å². The van der Waals surface area contributed by atoms with Crippen LogP contribution in [-0.2, 0) is 6.54 Å². The topological polar surface area (TPSA) is 76.4 Å². The molecule has 1 amide bonds. The van der Waals surface area contributed by atoms with Gasteiger partial charge in [-0.05, 0) is 46.8 Å². The fourth-order valence-electron chi connectivity index (χ4n) is 3.55. The molecule has 1 saturated heterocycles. The van der Waals surface area contributed by atoms with Gasteiger partial charge in [0.2, 0.25) is 0 Å². The van der Waals surface area contributed by atoms with Gasteiger partial charge in [0.25, 0.3) is 11.7 Å². The molecule has 0 unspecified atom stereocenters. The maximum Gasteiger partial charge on any atom is 0.288 e. The lowest BCUT2D eigenvalue weighted by atomic mass is 10.2. The lowest BCUT2D eigenvalue weighted by Crippen LogP contribution is -2.48. The van der Waals surface area contributed by atoms with Gasteiger partial charge in [0.15, 0.2) is 5.82 Å². The number of nitrogens with zero attached hydrogens (tertiary/aromatic N) is 6. The number of carbonyl (C=O) groups is 1. The van der Waals surface area contributed by atoms with E-state index in [9.17, 15) is 13.6 Å². The molecular formula is C21H22F2N6O2S. The summed E-state index contributed by atoms with van der Waals surface area (Å²) in [4.78, 5) is 17.1. The molecule has 1 fully saturated rings.